The van der Waals surface area contributed by atoms with Gasteiger partial charge < -0.3 is 10.4 Å². The summed E-state index contributed by atoms with van der Waals surface area (Å²) >= 11 is 0. The molecule has 0 aliphatic carbocycles. The SMILES string of the molecule is C=C(C)c1ccc2nc(O)c(C(=O)NC3C=CS(=O)(=O)C3)cc2c1. The van der Waals surface area contributed by atoms with Crippen LogP contribution in [0.15, 0.2) is 42.3 Å². The lowest BCUT2D eigenvalue weighted by Crippen LogP contribution is -2.35. The number of rotatable bonds is 3. The average Bonchev–Trinajstić information content (AvgIpc) is 2.84. The van der Waals surface area contributed by atoms with E-state index in [1.807, 2.05) is 19.1 Å². The third kappa shape index (κ3) is 3.16. The second-order valence-corrected chi connectivity index (χ2v) is 7.72. The topological polar surface area (TPSA) is 96.4 Å². The maximum Gasteiger partial charge on any atom is 0.257 e. The zero-order valence-corrected chi connectivity index (χ0v) is 13.8. The van der Waals surface area contributed by atoms with Gasteiger partial charge in [0.1, 0.15) is 5.56 Å². The van der Waals surface area contributed by atoms with Crippen LogP contribution in [0.3, 0.4) is 0 Å². The third-order valence-corrected chi connectivity index (χ3v) is 5.17. The molecule has 0 spiro atoms. The summed E-state index contributed by atoms with van der Waals surface area (Å²) in [6.45, 7) is 5.75. The highest BCUT2D eigenvalue weighted by atomic mass is 32.2. The molecule has 6 nitrogen and oxygen atoms in total. The van der Waals surface area contributed by atoms with E-state index in [1.54, 1.807) is 6.07 Å². The Balaban J connectivity index is 1.93. The molecule has 124 valence electrons. The van der Waals surface area contributed by atoms with E-state index in [2.05, 4.69) is 16.9 Å². The Morgan fingerprint density at radius 1 is 1.38 bits per heavy atom. The largest absolute Gasteiger partial charge is 0.493 e. The summed E-state index contributed by atoms with van der Waals surface area (Å²) < 4.78 is 22.8. The molecule has 1 aliphatic heterocycles. The highest BCUT2D eigenvalue weighted by Crippen LogP contribution is 2.24. The van der Waals surface area contributed by atoms with Crippen LogP contribution in [0.25, 0.3) is 16.5 Å². The van der Waals surface area contributed by atoms with E-state index in [1.165, 1.54) is 12.1 Å². The van der Waals surface area contributed by atoms with E-state index in [-0.39, 0.29) is 11.3 Å². The molecule has 7 heteroatoms. The van der Waals surface area contributed by atoms with Crippen molar-refractivity contribution in [2.45, 2.75) is 13.0 Å². The fourth-order valence-electron chi connectivity index (χ4n) is 2.51. The van der Waals surface area contributed by atoms with Gasteiger partial charge in [0.05, 0.1) is 17.3 Å². The minimum Gasteiger partial charge on any atom is -0.493 e. The Kier molecular flexibility index (Phi) is 3.88. The lowest BCUT2D eigenvalue weighted by atomic mass is 10.0. The number of amides is 1. The van der Waals surface area contributed by atoms with Crippen molar-refractivity contribution >= 4 is 32.2 Å². The number of hydrogen-bond donors (Lipinski definition) is 2. The van der Waals surface area contributed by atoms with Gasteiger partial charge in [-0.3, -0.25) is 4.79 Å². The van der Waals surface area contributed by atoms with Crippen LogP contribution in [0, 0.1) is 0 Å². The first-order valence-electron chi connectivity index (χ1n) is 7.27. The maximum atomic E-state index is 12.3. The van der Waals surface area contributed by atoms with Gasteiger partial charge in [-0.2, -0.15) is 0 Å². The van der Waals surface area contributed by atoms with Crippen LogP contribution in [-0.4, -0.2) is 36.2 Å². The summed E-state index contributed by atoms with van der Waals surface area (Å²) in [7, 11) is -3.27. The molecule has 1 aromatic heterocycles. The molecule has 1 aliphatic rings. The molecule has 0 radical (unpaired) electrons. The quantitative estimate of drug-likeness (QED) is 0.888. The Hall–Kier alpha value is -2.67. The molecule has 0 saturated heterocycles. The lowest BCUT2D eigenvalue weighted by Gasteiger charge is -2.11. The number of pyridine rings is 1. The first-order chi connectivity index (χ1) is 11.2. The summed E-state index contributed by atoms with van der Waals surface area (Å²) in [6, 6.07) is 6.34. The maximum absolute atomic E-state index is 12.3. The Morgan fingerprint density at radius 3 is 2.75 bits per heavy atom. The van der Waals surface area contributed by atoms with Gasteiger partial charge in [0, 0.05) is 10.8 Å². The summed E-state index contributed by atoms with van der Waals surface area (Å²) in [5.74, 6) is -1.15. The lowest BCUT2D eigenvalue weighted by molar-refractivity contribution is 0.0944. The number of carbonyl (C=O) groups is 1. The molecule has 3 rings (SSSR count). The first kappa shape index (κ1) is 16.2. The van der Waals surface area contributed by atoms with Crippen LogP contribution >= 0.6 is 0 Å². The first-order valence-corrected chi connectivity index (χ1v) is 8.98. The molecule has 1 amide bonds. The van der Waals surface area contributed by atoms with Crippen molar-refractivity contribution in [2.75, 3.05) is 5.75 Å². The second-order valence-electron chi connectivity index (χ2n) is 5.79. The van der Waals surface area contributed by atoms with Gasteiger partial charge in [-0.1, -0.05) is 18.2 Å². The van der Waals surface area contributed by atoms with E-state index >= 15 is 0 Å². The zero-order chi connectivity index (χ0) is 17.5. The number of fused-ring (bicyclic) bond motifs is 1. The molecule has 2 heterocycles. The van der Waals surface area contributed by atoms with Gasteiger partial charge >= 0.3 is 0 Å². The zero-order valence-electron chi connectivity index (χ0n) is 13.0. The second kappa shape index (κ2) is 5.76. The van der Waals surface area contributed by atoms with E-state index in [9.17, 15) is 18.3 Å². The van der Waals surface area contributed by atoms with Crippen LogP contribution in [0.1, 0.15) is 22.8 Å². The van der Waals surface area contributed by atoms with Crippen molar-refractivity contribution in [1.82, 2.24) is 10.3 Å². The number of aromatic nitrogens is 1. The van der Waals surface area contributed by atoms with Crippen molar-refractivity contribution in [1.29, 1.82) is 0 Å². The van der Waals surface area contributed by atoms with Gasteiger partial charge in [-0.15, -0.1) is 0 Å². The van der Waals surface area contributed by atoms with Crippen LogP contribution in [0.5, 0.6) is 5.88 Å². The van der Waals surface area contributed by atoms with Crippen molar-refractivity contribution in [3.63, 3.8) is 0 Å². The highest BCUT2D eigenvalue weighted by molar-refractivity contribution is 7.94. The number of allylic oxidation sites excluding steroid dienone is 1. The smallest absolute Gasteiger partial charge is 0.257 e. The van der Waals surface area contributed by atoms with E-state index in [0.717, 1.165) is 16.5 Å². The van der Waals surface area contributed by atoms with E-state index in [4.69, 9.17) is 0 Å². The number of nitrogens with zero attached hydrogens (tertiary/aromatic N) is 1. The molecule has 2 aromatic rings. The fraction of sp³-hybridized carbons (Fsp3) is 0.176. The number of carbonyl (C=O) groups excluding carboxylic acids is 1. The van der Waals surface area contributed by atoms with Crippen molar-refractivity contribution < 1.29 is 18.3 Å². The Labute approximate surface area is 139 Å². The monoisotopic (exact) mass is 344 g/mol. The molecular weight excluding hydrogens is 328 g/mol. The third-order valence-electron chi connectivity index (χ3n) is 3.78. The Bertz CT molecular complexity index is 993. The fourth-order valence-corrected chi connectivity index (χ4v) is 3.75. The molecule has 1 unspecified atom stereocenters. The molecular formula is C17H16N2O4S. The number of aromatic hydroxyl groups is 1. The van der Waals surface area contributed by atoms with Gasteiger partial charge in [0.2, 0.25) is 5.88 Å². The summed E-state index contributed by atoms with van der Waals surface area (Å²) in [5.41, 5.74) is 2.33. The molecule has 1 atom stereocenters. The average molecular weight is 344 g/mol. The number of hydrogen-bond acceptors (Lipinski definition) is 5. The minimum atomic E-state index is -3.27. The summed E-state index contributed by atoms with van der Waals surface area (Å²) in [4.78, 5) is 16.4. The van der Waals surface area contributed by atoms with E-state index < -0.39 is 27.7 Å². The summed E-state index contributed by atoms with van der Waals surface area (Å²) in [5, 5.41) is 14.3. The molecule has 0 saturated carbocycles. The van der Waals surface area contributed by atoms with E-state index in [0.29, 0.717) is 10.9 Å². The highest BCUT2D eigenvalue weighted by Gasteiger charge is 2.24. The van der Waals surface area contributed by atoms with Crippen molar-refractivity contribution in [3.8, 4) is 5.88 Å². The number of nitrogens with one attached hydrogen (secondary N) is 1. The molecule has 0 bridgehead atoms. The van der Waals surface area contributed by atoms with Crippen LogP contribution in [-0.2, 0) is 9.84 Å². The molecule has 2 N–H and O–H groups in total. The number of benzene rings is 1. The van der Waals surface area contributed by atoms with Crippen LogP contribution in [0.2, 0.25) is 0 Å². The molecule has 24 heavy (non-hydrogen) atoms. The predicted molar refractivity (Wildman–Crippen MR) is 92.3 cm³/mol. The summed E-state index contributed by atoms with van der Waals surface area (Å²) in [6.07, 6.45) is 1.41. The van der Waals surface area contributed by atoms with Gasteiger partial charge in [0.15, 0.2) is 9.84 Å². The van der Waals surface area contributed by atoms with Gasteiger partial charge in [0.25, 0.3) is 5.91 Å². The Morgan fingerprint density at radius 2 is 2.12 bits per heavy atom. The predicted octanol–water partition coefficient (Wildman–Crippen LogP) is 2.01. The minimum absolute atomic E-state index is 0.000867. The van der Waals surface area contributed by atoms with Gasteiger partial charge in [-0.05, 0) is 36.8 Å². The van der Waals surface area contributed by atoms with Crippen molar-refractivity contribution in [3.05, 3.63) is 53.5 Å². The number of sulfone groups is 1. The molecule has 1 aromatic carbocycles. The van der Waals surface area contributed by atoms with Gasteiger partial charge in [-0.25, -0.2) is 13.4 Å². The van der Waals surface area contributed by atoms with Crippen LogP contribution < -0.4 is 5.32 Å². The van der Waals surface area contributed by atoms with Crippen LogP contribution in [0.4, 0.5) is 0 Å². The molecule has 0 fully saturated rings. The standard InChI is InChI=1S/C17H16N2O4S/c1-10(2)11-3-4-15-12(7-11)8-14(17(21)19-15)16(20)18-13-5-6-24(22,23)9-13/h3-8,13H,1,9H2,2H3,(H,18,20)(H,19,21). The normalized spacial score (nSPS) is 18.6. The van der Waals surface area contributed by atoms with Crippen molar-refractivity contribution in [2.24, 2.45) is 0 Å².